The number of benzene rings is 2. The zero-order valence-corrected chi connectivity index (χ0v) is 19.8. The minimum atomic E-state index is -2.56. The second kappa shape index (κ2) is 8.53. The molecule has 10 heteroatoms. The van der Waals surface area contributed by atoms with Crippen LogP contribution in [-0.2, 0) is 16.0 Å². The highest BCUT2D eigenvalue weighted by atomic mass is 16.5. The molecule has 0 heterocycles. The molecule has 0 radical (unpaired) electrons. The fraction of sp³-hybridized carbons (Fsp3) is 0.333. The van der Waals surface area contributed by atoms with E-state index in [0.717, 1.165) is 0 Å². The molecule has 3 aliphatic carbocycles. The molecular formula is C27H25NO9. The Bertz CT molecular complexity index is 1410. The zero-order valence-electron chi connectivity index (χ0n) is 19.8. The number of phenols is 1. The van der Waals surface area contributed by atoms with Gasteiger partial charge in [-0.15, -0.1) is 0 Å². The van der Waals surface area contributed by atoms with Gasteiger partial charge in [0, 0.05) is 22.6 Å². The van der Waals surface area contributed by atoms with Crippen LogP contribution in [0.15, 0.2) is 41.7 Å². The molecule has 1 saturated carbocycles. The van der Waals surface area contributed by atoms with Crippen molar-refractivity contribution in [3.05, 3.63) is 58.4 Å². The first-order chi connectivity index (χ1) is 17.5. The van der Waals surface area contributed by atoms with Crippen LogP contribution < -0.4 is 10.5 Å². The predicted octanol–water partition coefficient (Wildman–Crippen LogP) is 1.23. The highest BCUT2D eigenvalue weighted by Gasteiger charge is 2.62. The Morgan fingerprint density at radius 1 is 1.14 bits per heavy atom. The first-order valence-corrected chi connectivity index (χ1v) is 11.7. The summed E-state index contributed by atoms with van der Waals surface area (Å²) in [6.45, 7) is 0. The Morgan fingerprint density at radius 2 is 1.86 bits per heavy atom. The fourth-order valence-electron chi connectivity index (χ4n) is 6.19. The summed E-state index contributed by atoms with van der Waals surface area (Å²) in [5.74, 6) is -7.22. The molecule has 1 amide bonds. The monoisotopic (exact) mass is 507 g/mol. The van der Waals surface area contributed by atoms with Crippen molar-refractivity contribution >= 4 is 23.8 Å². The van der Waals surface area contributed by atoms with Crippen LogP contribution >= 0.6 is 0 Å². The van der Waals surface area contributed by atoms with Crippen LogP contribution in [0.25, 0.3) is 11.1 Å². The van der Waals surface area contributed by atoms with Crippen LogP contribution in [0.2, 0.25) is 0 Å². The fourth-order valence-corrected chi connectivity index (χ4v) is 6.19. The molecule has 0 aromatic heterocycles. The van der Waals surface area contributed by atoms with Gasteiger partial charge in [-0.1, -0.05) is 6.07 Å². The zero-order chi connectivity index (χ0) is 26.8. The molecular weight excluding hydrogens is 482 g/mol. The Kier molecular flexibility index (Phi) is 5.69. The van der Waals surface area contributed by atoms with Gasteiger partial charge in [0.1, 0.15) is 29.5 Å². The van der Waals surface area contributed by atoms with E-state index < -0.39 is 52.7 Å². The molecule has 5 rings (SSSR count). The lowest BCUT2D eigenvalue weighted by molar-refractivity contribution is -0.167. The van der Waals surface area contributed by atoms with E-state index in [2.05, 4.69) is 0 Å². The lowest BCUT2D eigenvalue weighted by Gasteiger charge is -2.48. The SMILES string of the molecule is COc1ccc(C=O)cc1-c1ccc(O)c2c1C[C@H]1C[C@H]3CC(O)C(C(N)=O)C(=O)[C@@]3(O)C(O)=C1C2=O. The van der Waals surface area contributed by atoms with Crippen LogP contribution in [0.1, 0.15) is 39.1 Å². The second-order valence-corrected chi connectivity index (χ2v) is 9.80. The van der Waals surface area contributed by atoms with E-state index in [-0.39, 0.29) is 36.1 Å². The number of ketones is 2. The Hall–Kier alpha value is -4.02. The number of carbonyl (C=O) groups excluding carboxylic acids is 4. The lowest BCUT2D eigenvalue weighted by atomic mass is 9.57. The van der Waals surface area contributed by atoms with Gasteiger partial charge in [-0.25, -0.2) is 0 Å². The van der Waals surface area contributed by atoms with Crippen molar-refractivity contribution in [2.24, 2.45) is 23.5 Å². The van der Waals surface area contributed by atoms with Gasteiger partial charge in [0.15, 0.2) is 17.2 Å². The molecule has 0 saturated heterocycles. The average molecular weight is 507 g/mol. The highest BCUT2D eigenvalue weighted by molar-refractivity contribution is 6.16. The van der Waals surface area contributed by atoms with Gasteiger partial charge >= 0.3 is 0 Å². The number of aromatic hydroxyl groups is 1. The van der Waals surface area contributed by atoms with Gasteiger partial charge in [0.05, 0.1) is 18.8 Å². The molecule has 6 N–H and O–H groups in total. The van der Waals surface area contributed by atoms with Crippen molar-refractivity contribution in [2.45, 2.75) is 31.0 Å². The standard InChI is InChI=1S/C27H25NO9/c1-37-19-5-2-11(10-29)6-15(19)14-3-4-17(30)21-16(14)8-12-7-13-9-18(31)22(26(28)35)25(34)27(13,36)24(33)20(12)23(21)32/h2-6,10,12-13,18,22,30-31,33,36H,7-9H2,1H3,(H2,28,35)/t12-,13+,18?,22?,27+/m1/s1. The number of phenolic OH excluding ortho intramolecular Hbond substituents is 1. The van der Waals surface area contributed by atoms with Crippen LogP contribution in [0, 0.1) is 17.8 Å². The normalized spacial score (nSPS) is 28.7. The number of aldehydes is 1. The van der Waals surface area contributed by atoms with E-state index in [9.17, 15) is 39.6 Å². The molecule has 2 unspecified atom stereocenters. The Morgan fingerprint density at radius 3 is 2.51 bits per heavy atom. The third-order valence-corrected chi connectivity index (χ3v) is 7.92. The van der Waals surface area contributed by atoms with Crippen LogP contribution in [0.4, 0.5) is 0 Å². The van der Waals surface area contributed by atoms with E-state index in [4.69, 9.17) is 10.5 Å². The topological polar surface area (TPSA) is 184 Å². The number of allylic oxidation sites excluding steroid dienone is 1. The molecule has 2 aromatic rings. The third-order valence-electron chi connectivity index (χ3n) is 7.92. The highest BCUT2D eigenvalue weighted by Crippen LogP contribution is 2.53. The van der Waals surface area contributed by atoms with Crippen LogP contribution in [0.5, 0.6) is 11.5 Å². The molecule has 0 aliphatic heterocycles. The molecule has 5 atom stereocenters. The number of rotatable bonds is 4. The molecule has 2 aromatic carbocycles. The number of amides is 1. The van der Waals surface area contributed by atoms with Crippen molar-refractivity contribution in [1.29, 1.82) is 0 Å². The van der Waals surface area contributed by atoms with E-state index in [1.807, 2.05) is 0 Å². The lowest BCUT2D eigenvalue weighted by Crippen LogP contribution is -2.63. The second-order valence-electron chi connectivity index (χ2n) is 9.80. The number of Topliss-reactive ketones (excluding diaryl/α,β-unsaturated/α-hetero) is 2. The summed E-state index contributed by atoms with van der Waals surface area (Å²) < 4.78 is 5.46. The van der Waals surface area contributed by atoms with Crippen molar-refractivity contribution < 1.29 is 44.3 Å². The summed E-state index contributed by atoms with van der Waals surface area (Å²) in [6, 6.07) is 7.71. The summed E-state index contributed by atoms with van der Waals surface area (Å²) in [5, 5.41) is 43.6. The smallest absolute Gasteiger partial charge is 0.230 e. The third kappa shape index (κ3) is 3.40. The van der Waals surface area contributed by atoms with Gasteiger partial charge in [-0.2, -0.15) is 0 Å². The number of hydrogen-bond donors (Lipinski definition) is 5. The summed E-state index contributed by atoms with van der Waals surface area (Å²) in [7, 11) is 1.46. The van der Waals surface area contributed by atoms with Gasteiger partial charge in [0.25, 0.3) is 0 Å². The van der Waals surface area contributed by atoms with E-state index in [0.29, 0.717) is 34.3 Å². The Labute approximate surface area is 211 Å². The van der Waals surface area contributed by atoms with E-state index in [1.165, 1.54) is 13.2 Å². The predicted molar refractivity (Wildman–Crippen MR) is 128 cm³/mol. The maximum atomic E-state index is 13.7. The first kappa shape index (κ1) is 24.7. The van der Waals surface area contributed by atoms with Crippen molar-refractivity contribution in [2.75, 3.05) is 7.11 Å². The number of primary amides is 1. The molecule has 1 fully saturated rings. The van der Waals surface area contributed by atoms with Crippen LogP contribution in [0.3, 0.4) is 0 Å². The largest absolute Gasteiger partial charge is 0.508 e. The number of carbonyl (C=O) groups is 4. The molecule has 3 aliphatic rings. The summed E-state index contributed by atoms with van der Waals surface area (Å²) in [6.07, 6.45) is -0.754. The molecule has 37 heavy (non-hydrogen) atoms. The summed E-state index contributed by atoms with van der Waals surface area (Å²) in [5.41, 5.74) is 4.27. The molecule has 0 bridgehead atoms. The number of nitrogens with two attached hydrogens (primary N) is 1. The van der Waals surface area contributed by atoms with Gasteiger partial charge < -0.3 is 30.9 Å². The van der Waals surface area contributed by atoms with Crippen molar-refractivity contribution in [3.8, 4) is 22.6 Å². The number of methoxy groups -OCH3 is 1. The van der Waals surface area contributed by atoms with Crippen molar-refractivity contribution in [3.63, 3.8) is 0 Å². The maximum Gasteiger partial charge on any atom is 0.230 e. The van der Waals surface area contributed by atoms with Crippen LogP contribution in [-0.4, -0.2) is 63.0 Å². The molecule has 192 valence electrons. The minimum absolute atomic E-state index is 0.0516. The molecule has 0 spiro atoms. The number of fused-ring (bicyclic) bond motifs is 3. The number of aliphatic hydroxyl groups is 3. The summed E-state index contributed by atoms with van der Waals surface area (Å²) in [4.78, 5) is 50.1. The number of ether oxygens (including phenoxy) is 1. The van der Waals surface area contributed by atoms with E-state index in [1.54, 1.807) is 24.3 Å². The number of hydrogen-bond acceptors (Lipinski definition) is 9. The van der Waals surface area contributed by atoms with Gasteiger partial charge in [-0.05, 0) is 60.6 Å². The maximum absolute atomic E-state index is 13.7. The Balaban J connectivity index is 1.70. The quantitative estimate of drug-likeness (QED) is 0.300. The minimum Gasteiger partial charge on any atom is -0.508 e. The van der Waals surface area contributed by atoms with Gasteiger partial charge in [-0.3, -0.25) is 19.2 Å². The van der Waals surface area contributed by atoms with Crippen molar-refractivity contribution in [1.82, 2.24) is 0 Å². The first-order valence-electron chi connectivity index (χ1n) is 11.7. The summed E-state index contributed by atoms with van der Waals surface area (Å²) >= 11 is 0. The average Bonchev–Trinajstić information content (AvgIpc) is 2.85. The van der Waals surface area contributed by atoms with E-state index >= 15 is 0 Å². The number of aliphatic hydroxyl groups excluding tert-OH is 2. The van der Waals surface area contributed by atoms with Gasteiger partial charge in [0.2, 0.25) is 5.91 Å². The molecule has 10 nitrogen and oxygen atoms in total.